The molecule has 1 atom stereocenters. The van der Waals surface area contributed by atoms with E-state index in [2.05, 4.69) is 9.88 Å². The number of piperidine rings is 1. The SMILES string of the molecule is O=C(c1cn(CC2CCCNC2)c2cc(Cl)ccc12)N1CCN(c2ccccc2F)CC1. The third kappa shape index (κ3) is 4.21. The van der Waals surface area contributed by atoms with Gasteiger partial charge in [0.1, 0.15) is 5.82 Å². The number of rotatable bonds is 4. The van der Waals surface area contributed by atoms with Crippen molar-refractivity contribution in [1.82, 2.24) is 14.8 Å². The van der Waals surface area contributed by atoms with E-state index in [1.54, 1.807) is 12.1 Å². The minimum absolute atomic E-state index is 0.0334. The molecule has 2 aliphatic rings. The summed E-state index contributed by atoms with van der Waals surface area (Å²) in [4.78, 5) is 17.4. The maximum Gasteiger partial charge on any atom is 0.256 e. The molecule has 3 aromatic rings. The molecule has 5 rings (SSSR count). The van der Waals surface area contributed by atoms with Gasteiger partial charge in [-0.15, -0.1) is 0 Å². The summed E-state index contributed by atoms with van der Waals surface area (Å²) in [5.74, 6) is 0.362. The largest absolute Gasteiger partial charge is 0.366 e. The molecule has 3 heterocycles. The number of carbonyl (C=O) groups excluding carboxylic acids is 1. The first kappa shape index (κ1) is 21.3. The minimum atomic E-state index is -0.218. The summed E-state index contributed by atoms with van der Waals surface area (Å²) >= 11 is 6.30. The highest BCUT2D eigenvalue weighted by molar-refractivity contribution is 6.31. The van der Waals surface area contributed by atoms with Crippen LogP contribution in [0, 0.1) is 11.7 Å². The van der Waals surface area contributed by atoms with Crippen molar-refractivity contribution in [1.29, 1.82) is 0 Å². The Hall–Kier alpha value is -2.57. The summed E-state index contributed by atoms with van der Waals surface area (Å²) in [7, 11) is 0. The van der Waals surface area contributed by atoms with Crippen LogP contribution in [0.2, 0.25) is 5.02 Å². The molecule has 0 saturated carbocycles. The lowest BCUT2D eigenvalue weighted by molar-refractivity contribution is 0.0748. The lowest BCUT2D eigenvalue weighted by Crippen LogP contribution is -2.49. The van der Waals surface area contributed by atoms with E-state index in [4.69, 9.17) is 11.6 Å². The Balaban J connectivity index is 1.36. The number of hydrogen-bond donors (Lipinski definition) is 1. The number of benzene rings is 2. The summed E-state index contributed by atoms with van der Waals surface area (Å²) in [6.07, 6.45) is 4.37. The zero-order chi connectivity index (χ0) is 22.1. The Labute approximate surface area is 192 Å². The second-order valence-electron chi connectivity index (χ2n) is 8.80. The Morgan fingerprint density at radius 3 is 2.69 bits per heavy atom. The fraction of sp³-hybridized carbons (Fsp3) is 0.400. The van der Waals surface area contributed by atoms with Crippen molar-refractivity contribution >= 4 is 34.1 Å². The normalized spacial score (nSPS) is 19.5. The van der Waals surface area contributed by atoms with Crippen LogP contribution < -0.4 is 10.2 Å². The van der Waals surface area contributed by atoms with Crippen molar-refractivity contribution in [3.05, 3.63) is 65.1 Å². The molecule has 0 bridgehead atoms. The molecule has 1 unspecified atom stereocenters. The van der Waals surface area contributed by atoms with Crippen LogP contribution in [0.25, 0.3) is 10.9 Å². The van der Waals surface area contributed by atoms with Crippen LogP contribution >= 0.6 is 11.6 Å². The molecule has 1 aromatic heterocycles. The first-order chi connectivity index (χ1) is 15.6. The van der Waals surface area contributed by atoms with Crippen molar-refractivity contribution in [3.8, 4) is 0 Å². The standard InChI is InChI=1S/C25H28ClFN4O/c26-19-7-8-20-21(17-31(24(20)14-19)16-18-4-3-9-28-15-18)25(32)30-12-10-29(11-13-30)23-6-2-1-5-22(23)27/h1-2,5-8,14,17-18,28H,3-4,9-13,15-16H2. The van der Waals surface area contributed by atoms with E-state index in [9.17, 15) is 9.18 Å². The molecule has 2 aromatic carbocycles. The molecule has 5 nitrogen and oxygen atoms in total. The lowest BCUT2D eigenvalue weighted by Gasteiger charge is -2.36. The van der Waals surface area contributed by atoms with Gasteiger partial charge in [-0.1, -0.05) is 29.8 Å². The van der Waals surface area contributed by atoms with Crippen LogP contribution in [-0.2, 0) is 6.54 Å². The number of hydrogen-bond acceptors (Lipinski definition) is 3. The van der Waals surface area contributed by atoms with Gasteiger partial charge in [0, 0.05) is 49.3 Å². The van der Waals surface area contributed by atoms with Crippen molar-refractivity contribution < 1.29 is 9.18 Å². The zero-order valence-electron chi connectivity index (χ0n) is 18.1. The van der Waals surface area contributed by atoms with Gasteiger partial charge in [-0.25, -0.2) is 4.39 Å². The topological polar surface area (TPSA) is 40.5 Å². The number of halogens is 2. The summed E-state index contributed by atoms with van der Waals surface area (Å²) in [6, 6.07) is 12.6. The van der Waals surface area contributed by atoms with Gasteiger partial charge in [-0.2, -0.15) is 0 Å². The molecule has 0 spiro atoms. The van der Waals surface area contributed by atoms with Gasteiger partial charge in [0.25, 0.3) is 5.91 Å². The first-order valence-electron chi connectivity index (χ1n) is 11.4. The predicted molar refractivity (Wildman–Crippen MR) is 127 cm³/mol. The number of fused-ring (bicyclic) bond motifs is 1. The average molecular weight is 455 g/mol. The number of nitrogens with one attached hydrogen (secondary N) is 1. The first-order valence-corrected chi connectivity index (χ1v) is 11.8. The van der Waals surface area contributed by atoms with E-state index in [-0.39, 0.29) is 11.7 Å². The highest BCUT2D eigenvalue weighted by Gasteiger charge is 2.26. The number of amides is 1. The van der Waals surface area contributed by atoms with Gasteiger partial charge in [-0.3, -0.25) is 4.79 Å². The maximum absolute atomic E-state index is 14.2. The molecule has 0 aliphatic carbocycles. The second kappa shape index (κ2) is 9.12. The fourth-order valence-electron chi connectivity index (χ4n) is 4.97. The number of anilines is 1. The average Bonchev–Trinajstić information content (AvgIpc) is 3.17. The molecule has 168 valence electrons. The predicted octanol–water partition coefficient (Wildman–Crippen LogP) is 4.40. The van der Waals surface area contributed by atoms with Crippen LogP contribution in [0.4, 0.5) is 10.1 Å². The van der Waals surface area contributed by atoms with Gasteiger partial charge >= 0.3 is 0 Å². The Morgan fingerprint density at radius 2 is 1.94 bits per heavy atom. The minimum Gasteiger partial charge on any atom is -0.366 e. The van der Waals surface area contributed by atoms with Gasteiger partial charge in [0.05, 0.1) is 16.8 Å². The molecular weight excluding hydrogens is 427 g/mol. The summed E-state index contributed by atoms with van der Waals surface area (Å²) in [5, 5.41) is 5.09. The third-order valence-corrected chi connectivity index (χ3v) is 6.92. The summed E-state index contributed by atoms with van der Waals surface area (Å²) < 4.78 is 16.4. The number of nitrogens with zero attached hydrogens (tertiary/aromatic N) is 3. The maximum atomic E-state index is 14.2. The van der Waals surface area contributed by atoms with Crippen LogP contribution in [0.15, 0.2) is 48.7 Å². The van der Waals surface area contributed by atoms with Crippen molar-refractivity contribution in [2.45, 2.75) is 19.4 Å². The molecule has 1 N–H and O–H groups in total. The van der Waals surface area contributed by atoms with Crippen LogP contribution in [0.5, 0.6) is 0 Å². The van der Waals surface area contributed by atoms with Crippen LogP contribution in [-0.4, -0.2) is 54.6 Å². The van der Waals surface area contributed by atoms with Gasteiger partial charge in [-0.05, 0) is 56.1 Å². The van der Waals surface area contributed by atoms with E-state index >= 15 is 0 Å². The molecule has 0 radical (unpaired) electrons. The molecule has 32 heavy (non-hydrogen) atoms. The van der Waals surface area contributed by atoms with Gasteiger partial charge < -0.3 is 19.7 Å². The molecular formula is C25H28ClFN4O. The monoisotopic (exact) mass is 454 g/mol. The highest BCUT2D eigenvalue weighted by atomic mass is 35.5. The van der Waals surface area contributed by atoms with Crippen molar-refractivity contribution in [3.63, 3.8) is 0 Å². The summed E-state index contributed by atoms with van der Waals surface area (Å²) in [6.45, 7) is 5.33. The molecule has 2 aliphatic heterocycles. The van der Waals surface area contributed by atoms with Crippen molar-refractivity contribution in [2.24, 2.45) is 5.92 Å². The smallest absolute Gasteiger partial charge is 0.256 e. The molecule has 7 heteroatoms. The summed E-state index contributed by atoms with van der Waals surface area (Å²) in [5.41, 5.74) is 2.34. The number of aromatic nitrogens is 1. The fourth-order valence-corrected chi connectivity index (χ4v) is 5.14. The Morgan fingerprint density at radius 1 is 1.12 bits per heavy atom. The van der Waals surface area contributed by atoms with E-state index < -0.39 is 0 Å². The van der Waals surface area contributed by atoms with E-state index in [1.807, 2.05) is 40.3 Å². The molecule has 2 fully saturated rings. The van der Waals surface area contributed by atoms with E-state index in [0.29, 0.717) is 42.8 Å². The third-order valence-electron chi connectivity index (χ3n) is 6.69. The van der Waals surface area contributed by atoms with Crippen LogP contribution in [0.3, 0.4) is 0 Å². The Kier molecular flexibility index (Phi) is 6.07. The quantitative estimate of drug-likeness (QED) is 0.635. The number of carbonyl (C=O) groups is 1. The molecule has 1 amide bonds. The van der Waals surface area contributed by atoms with Crippen LogP contribution in [0.1, 0.15) is 23.2 Å². The second-order valence-corrected chi connectivity index (χ2v) is 9.24. The number of piperazine rings is 1. The van der Waals surface area contributed by atoms with E-state index in [0.717, 1.165) is 36.1 Å². The Bertz CT molecular complexity index is 1120. The van der Waals surface area contributed by atoms with E-state index in [1.165, 1.54) is 18.9 Å². The van der Waals surface area contributed by atoms with Crippen molar-refractivity contribution in [2.75, 3.05) is 44.2 Å². The lowest BCUT2D eigenvalue weighted by atomic mass is 10.00. The van der Waals surface area contributed by atoms with Gasteiger partial charge in [0.15, 0.2) is 0 Å². The highest BCUT2D eigenvalue weighted by Crippen LogP contribution is 2.28. The number of para-hydroxylation sites is 1. The zero-order valence-corrected chi connectivity index (χ0v) is 18.8. The van der Waals surface area contributed by atoms with Gasteiger partial charge in [0.2, 0.25) is 0 Å². The molecule has 2 saturated heterocycles.